The summed E-state index contributed by atoms with van der Waals surface area (Å²) in [5, 5.41) is 12.7. The Morgan fingerprint density at radius 1 is 1.21 bits per heavy atom. The van der Waals surface area contributed by atoms with Gasteiger partial charge in [-0.1, -0.05) is 30.7 Å². The number of benzene rings is 2. The number of hydrogen-bond donors (Lipinski definition) is 1. The van der Waals surface area contributed by atoms with Gasteiger partial charge in [-0.2, -0.15) is 5.26 Å². The molecule has 29 heavy (non-hydrogen) atoms. The van der Waals surface area contributed by atoms with Gasteiger partial charge in [0.2, 0.25) is 0 Å². The molecule has 0 aliphatic rings. The molecule has 0 heterocycles. The van der Waals surface area contributed by atoms with Crippen molar-refractivity contribution in [3.05, 3.63) is 57.6 Å². The zero-order valence-electron chi connectivity index (χ0n) is 17.1. The summed E-state index contributed by atoms with van der Waals surface area (Å²) in [6.45, 7) is 8.64. The first-order valence-corrected chi connectivity index (χ1v) is 9.86. The van der Waals surface area contributed by atoms with Crippen LogP contribution in [0.15, 0.2) is 35.9 Å². The number of aryl methyl sites for hydroxylation is 2. The standard InChI is InChI=1S/C23H25ClN2O3/c1-5-9-29-22-19(24)12-17(13-21(22)28-6-2)11-18(14-25)23(27)26-20-10-15(3)7-8-16(20)4/h7-8,10-13H,5-6,9H2,1-4H3,(H,26,27)/b18-11+. The topological polar surface area (TPSA) is 71.3 Å². The molecule has 0 aliphatic heterocycles. The summed E-state index contributed by atoms with van der Waals surface area (Å²) in [4.78, 5) is 12.6. The molecule has 0 aliphatic carbocycles. The van der Waals surface area contributed by atoms with Gasteiger partial charge in [0.25, 0.3) is 5.91 Å². The van der Waals surface area contributed by atoms with E-state index in [4.69, 9.17) is 21.1 Å². The Morgan fingerprint density at radius 2 is 1.97 bits per heavy atom. The van der Waals surface area contributed by atoms with E-state index in [1.807, 2.05) is 52.0 Å². The van der Waals surface area contributed by atoms with Crippen molar-refractivity contribution in [2.75, 3.05) is 18.5 Å². The fourth-order valence-corrected chi connectivity index (χ4v) is 2.93. The van der Waals surface area contributed by atoms with Crippen LogP contribution >= 0.6 is 11.6 Å². The van der Waals surface area contributed by atoms with Crippen molar-refractivity contribution in [3.63, 3.8) is 0 Å². The molecule has 2 aromatic rings. The Labute approximate surface area is 176 Å². The molecule has 0 bridgehead atoms. The lowest BCUT2D eigenvalue weighted by molar-refractivity contribution is -0.112. The minimum atomic E-state index is -0.485. The highest BCUT2D eigenvalue weighted by atomic mass is 35.5. The quantitative estimate of drug-likeness (QED) is 0.446. The van der Waals surface area contributed by atoms with E-state index < -0.39 is 5.91 Å². The first-order valence-electron chi connectivity index (χ1n) is 9.49. The molecular weight excluding hydrogens is 388 g/mol. The summed E-state index contributed by atoms with van der Waals surface area (Å²) in [6.07, 6.45) is 2.32. The summed E-state index contributed by atoms with van der Waals surface area (Å²) in [6, 6.07) is 11.1. The van der Waals surface area contributed by atoms with Crippen LogP contribution in [0, 0.1) is 25.2 Å². The number of hydrogen-bond acceptors (Lipinski definition) is 4. The van der Waals surface area contributed by atoms with Crippen LogP contribution in [0.4, 0.5) is 5.69 Å². The molecule has 5 nitrogen and oxygen atoms in total. The van der Waals surface area contributed by atoms with Crippen LogP contribution in [-0.2, 0) is 4.79 Å². The van der Waals surface area contributed by atoms with Crippen molar-refractivity contribution in [1.82, 2.24) is 0 Å². The van der Waals surface area contributed by atoms with Crippen LogP contribution < -0.4 is 14.8 Å². The molecule has 1 amide bonds. The van der Waals surface area contributed by atoms with Gasteiger partial charge in [0.15, 0.2) is 11.5 Å². The zero-order valence-corrected chi connectivity index (χ0v) is 17.9. The summed E-state index contributed by atoms with van der Waals surface area (Å²) in [5.41, 5.74) is 3.15. The highest BCUT2D eigenvalue weighted by molar-refractivity contribution is 6.32. The average molecular weight is 413 g/mol. The third kappa shape index (κ3) is 6.00. The molecule has 152 valence electrons. The number of nitrogens with zero attached hydrogens (tertiary/aromatic N) is 1. The summed E-state index contributed by atoms with van der Waals surface area (Å²) < 4.78 is 11.3. The third-order valence-corrected chi connectivity index (χ3v) is 4.38. The van der Waals surface area contributed by atoms with Crippen LogP contribution in [0.3, 0.4) is 0 Å². The number of amides is 1. The molecule has 0 atom stereocenters. The van der Waals surface area contributed by atoms with E-state index >= 15 is 0 Å². The van der Waals surface area contributed by atoms with Gasteiger partial charge in [0, 0.05) is 5.69 Å². The molecular formula is C23H25ClN2O3. The van der Waals surface area contributed by atoms with Gasteiger partial charge < -0.3 is 14.8 Å². The van der Waals surface area contributed by atoms with E-state index in [-0.39, 0.29) is 5.57 Å². The Hall–Kier alpha value is -2.97. The number of nitriles is 1. The molecule has 0 fully saturated rings. The van der Waals surface area contributed by atoms with Gasteiger partial charge in [0.05, 0.1) is 18.2 Å². The molecule has 0 spiro atoms. The number of halogens is 1. The summed E-state index contributed by atoms with van der Waals surface area (Å²) >= 11 is 6.36. The lowest BCUT2D eigenvalue weighted by Gasteiger charge is -2.14. The Bertz CT molecular complexity index is 961. The molecule has 1 N–H and O–H groups in total. The van der Waals surface area contributed by atoms with Gasteiger partial charge in [-0.25, -0.2) is 0 Å². The van der Waals surface area contributed by atoms with E-state index in [0.717, 1.165) is 17.5 Å². The van der Waals surface area contributed by atoms with E-state index in [1.165, 1.54) is 6.08 Å². The highest BCUT2D eigenvalue weighted by Crippen LogP contribution is 2.37. The van der Waals surface area contributed by atoms with Gasteiger partial charge in [-0.05, 0) is 68.2 Å². The summed E-state index contributed by atoms with van der Waals surface area (Å²) in [7, 11) is 0. The van der Waals surface area contributed by atoms with Gasteiger partial charge in [-0.3, -0.25) is 4.79 Å². The SMILES string of the molecule is CCCOc1c(Cl)cc(/C=C(\C#N)C(=O)Nc2cc(C)ccc2C)cc1OCC. The lowest BCUT2D eigenvalue weighted by atomic mass is 10.1. The second kappa shape index (κ2) is 10.5. The summed E-state index contributed by atoms with van der Waals surface area (Å²) in [5.74, 6) is 0.458. The van der Waals surface area contributed by atoms with Crippen molar-refractivity contribution in [1.29, 1.82) is 5.26 Å². The number of ether oxygens (including phenoxy) is 2. The Morgan fingerprint density at radius 3 is 2.62 bits per heavy atom. The number of carbonyl (C=O) groups is 1. The van der Waals surface area contributed by atoms with Crippen LogP contribution in [0.2, 0.25) is 5.02 Å². The van der Waals surface area contributed by atoms with Gasteiger partial charge in [-0.15, -0.1) is 0 Å². The minimum Gasteiger partial charge on any atom is -0.490 e. The molecule has 0 aromatic heterocycles. The number of carbonyl (C=O) groups excluding carboxylic acids is 1. The molecule has 0 saturated heterocycles. The van der Waals surface area contributed by atoms with Crippen molar-refractivity contribution in [2.45, 2.75) is 34.1 Å². The van der Waals surface area contributed by atoms with E-state index in [1.54, 1.807) is 12.1 Å². The first kappa shape index (κ1) is 22.3. The first-order chi connectivity index (χ1) is 13.9. The zero-order chi connectivity index (χ0) is 21.4. The monoisotopic (exact) mass is 412 g/mol. The smallest absolute Gasteiger partial charge is 0.266 e. The Kier molecular flexibility index (Phi) is 8.11. The minimum absolute atomic E-state index is 0.0355. The normalized spacial score (nSPS) is 11.0. The van der Waals surface area contributed by atoms with Crippen molar-refractivity contribution >= 4 is 29.3 Å². The van der Waals surface area contributed by atoms with Crippen molar-refractivity contribution in [3.8, 4) is 17.6 Å². The van der Waals surface area contributed by atoms with Crippen LogP contribution in [0.25, 0.3) is 6.08 Å². The maximum atomic E-state index is 12.6. The average Bonchev–Trinajstić information content (AvgIpc) is 2.68. The highest BCUT2D eigenvalue weighted by Gasteiger charge is 2.15. The number of nitrogens with one attached hydrogen (secondary N) is 1. The maximum absolute atomic E-state index is 12.6. The van der Waals surface area contributed by atoms with Crippen LogP contribution in [0.5, 0.6) is 11.5 Å². The largest absolute Gasteiger partial charge is 0.490 e. The molecule has 0 unspecified atom stereocenters. The van der Waals surface area contributed by atoms with E-state index in [9.17, 15) is 10.1 Å². The number of rotatable bonds is 8. The van der Waals surface area contributed by atoms with Gasteiger partial charge in [0.1, 0.15) is 11.6 Å². The fourth-order valence-electron chi connectivity index (χ4n) is 2.65. The molecule has 0 radical (unpaired) electrons. The molecule has 6 heteroatoms. The molecule has 2 rings (SSSR count). The number of anilines is 1. The van der Waals surface area contributed by atoms with E-state index in [0.29, 0.717) is 41.0 Å². The van der Waals surface area contributed by atoms with Crippen molar-refractivity contribution < 1.29 is 14.3 Å². The van der Waals surface area contributed by atoms with Crippen LogP contribution in [0.1, 0.15) is 37.0 Å². The van der Waals surface area contributed by atoms with E-state index in [2.05, 4.69) is 5.32 Å². The predicted octanol–water partition coefficient (Wildman–Crippen LogP) is 5.69. The Balaban J connectivity index is 2.35. The maximum Gasteiger partial charge on any atom is 0.266 e. The lowest BCUT2D eigenvalue weighted by Crippen LogP contribution is -2.14. The van der Waals surface area contributed by atoms with Gasteiger partial charge >= 0.3 is 0 Å². The third-order valence-electron chi connectivity index (χ3n) is 4.10. The van der Waals surface area contributed by atoms with Crippen molar-refractivity contribution in [2.24, 2.45) is 0 Å². The van der Waals surface area contributed by atoms with Crippen LogP contribution in [-0.4, -0.2) is 19.1 Å². The molecule has 2 aromatic carbocycles. The predicted molar refractivity (Wildman–Crippen MR) is 117 cm³/mol. The molecule has 0 saturated carbocycles. The fraction of sp³-hybridized carbons (Fsp3) is 0.304. The second-order valence-corrected chi connectivity index (χ2v) is 6.96. The second-order valence-electron chi connectivity index (χ2n) is 6.55.